The highest BCUT2D eigenvalue weighted by atomic mass is 16.5. The van der Waals surface area contributed by atoms with Crippen molar-refractivity contribution in [3.05, 3.63) is 36.2 Å². The third kappa shape index (κ3) is 4.60. The molecule has 30 heavy (non-hydrogen) atoms. The van der Waals surface area contributed by atoms with E-state index in [2.05, 4.69) is 53.1 Å². The van der Waals surface area contributed by atoms with Gasteiger partial charge < -0.3 is 24.6 Å². The van der Waals surface area contributed by atoms with Crippen molar-refractivity contribution in [2.45, 2.75) is 26.3 Å². The van der Waals surface area contributed by atoms with E-state index >= 15 is 0 Å². The Balaban J connectivity index is 1.59. The lowest BCUT2D eigenvalue weighted by Crippen LogP contribution is -2.38. The van der Waals surface area contributed by atoms with E-state index in [4.69, 9.17) is 9.47 Å². The third-order valence-electron chi connectivity index (χ3n) is 5.49. The van der Waals surface area contributed by atoms with Gasteiger partial charge in [0, 0.05) is 38.1 Å². The zero-order valence-electron chi connectivity index (χ0n) is 18.1. The van der Waals surface area contributed by atoms with Gasteiger partial charge in [-0.15, -0.1) is 0 Å². The van der Waals surface area contributed by atoms with Crippen LogP contribution in [0.2, 0.25) is 0 Å². The molecule has 0 atom stereocenters. The summed E-state index contributed by atoms with van der Waals surface area (Å²) >= 11 is 0. The van der Waals surface area contributed by atoms with Gasteiger partial charge in [-0.1, -0.05) is 0 Å². The summed E-state index contributed by atoms with van der Waals surface area (Å²) in [4.78, 5) is 17.5. The molecule has 1 N–H and O–H groups in total. The van der Waals surface area contributed by atoms with Gasteiger partial charge in [0.2, 0.25) is 0 Å². The molecule has 2 saturated heterocycles. The normalized spacial score (nSPS) is 17.8. The van der Waals surface area contributed by atoms with Crippen molar-refractivity contribution >= 4 is 23.0 Å². The molecule has 162 valence electrons. The molecule has 0 spiro atoms. The van der Waals surface area contributed by atoms with Gasteiger partial charge in [-0.25, -0.2) is 0 Å². The van der Waals surface area contributed by atoms with Gasteiger partial charge in [-0.2, -0.15) is 5.10 Å². The van der Waals surface area contributed by atoms with Crippen LogP contribution < -0.4 is 15.1 Å². The molecule has 0 unspecified atom stereocenters. The second-order valence-electron chi connectivity index (χ2n) is 8.70. The maximum absolute atomic E-state index is 12.9. The van der Waals surface area contributed by atoms with Crippen molar-refractivity contribution in [3.63, 3.8) is 0 Å². The van der Waals surface area contributed by atoms with Crippen LogP contribution in [-0.2, 0) is 15.0 Å². The zero-order chi connectivity index (χ0) is 21.1. The molecule has 2 aromatic rings. The number of nitrogens with zero attached hydrogens (tertiary/aromatic N) is 4. The Kier molecular flexibility index (Phi) is 5.97. The first-order valence-corrected chi connectivity index (χ1v) is 10.6. The van der Waals surface area contributed by atoms with Gasteiger partial charge in [0.05, 0.1) is 55.1 Å². The van der Waals surface area contributed by atoms with Gasteiger partial charge in [0.1, 0.15) is 0 Å². The maximum atomic E-state index is 12.9. The number of hydrogen-bond donors (Lipinski definition) is 1. The van der Waals surface area contributed by atoms with E-state index in [0.29, 0.717) is 18.8 Å². The fraction of sp³-hybridized carbons (Fsp3) is 0.545. The predicted octanol–water partition coefficient (Wildman–Crippen LogP) is 2.56. The fourth-order valence-electron chi connectivity index (χ4n) is 3.71. The molecule has 2 aliphatic heterocycles. The van der Waals surface area contributed by atoms with E-state index in [1.807, 2.05) is 10.7 Å². The molecule has 1 amide bonds. The van der Waals surface area contributed by atoms with E-state index < -0.39 is 0 Å². The lowest BCUT2D eigenvalue weighted by atomic mass is 10.1. The standard InChI is InChI=1S/C22H31N5O3/c1-22(2,3)27-16-17(15-23-27)21(28)24-19-5-4-18(25-6-10-29-11-7-25)14-20(19)26-8-12-30-13-9-26/h4-5,14-16H,6-13H2,1-3H3,(H,24,28). The number of morpholine rings is 2. The van der Waals surface area contributed by atoms with E-state index in [1.54, 1.807) is 12.4 Å². The molecule has 1 aromatic carbocycles. The van der Waals surface area contributed by atoms with Crippen LogP contribution in [0.3, 0.4) is 0 Å². The zero-order valence-corrected chi connectivity index (χ0v) is 18.1. The van der Waals surface area contributed by atoms with Crippen LogP contribution in [0.4, 0.5) is 17.1 Å². The largest absolute Gasteiger partial charge is 0.378 e. The number of ether oxygens (including phenoxy) is 2. The number of anilines is 3. The summed E-state index contributed by atoms with van der Waals surface area (Å²) in [5.74, 6) is -0.154. The lowest BCUT2D eigenvalue weighted by molar-refractivity contribution is 0.102. The Bertz CT molecular complexity index is 877. The second-order valence-corrected chi connectivity index (χ2v) is 8.70. The minimum atomic E-state index is -0.169. The van der Waals surface area contributed by atoms with Crippen LogP contribution in [0.5, 0.6) is 0 Å². The molecular weight excluding hydrogens is 382 g/mol. The number of benzene rings is 1. The van der Waals surface area contributed by atoms with E-state index in [9.17, 15) is 4.79 Å². The molecule has 3 heterocycles. The Morgan fingerprint density at radius 3 is 2.23 bits per heavy atom. The number of aromatic nitrogens is 2. The highest BCUT2D eigenvalue weighted by Gasteiger charge is 2.21. The monoisotopic (exact) mass is 413 g/mol. The van der Waals surface area contributed by atoms with Crippen LogP contribution in [0, 0.1) is 0 Å². The summed E-state index contributed by atoms with van der Waals surface area (Å²) in [7, 11) is 0. The smallest absolute Gasteiger partial charge is 0.258 e. The molecule has 8 nitrogen and oxygen atoms in total. The summed E-state index contributed by atoms with van der Waals surface area (Å²) in [5.41, 5.74) is 3.37. The van der Waals surface area contributed by atoms with Crippen molar-refractivity contribution in [3.8, 4) is 0 Å². The van der Waals surface area contributed by atoms with Crippen molar-refractivity contribution in [2.75, 3.05) is 67.7 Å². The van der Waals surface area contributed by atoms with E-state index in [1.165, 1.54) is 0 Å². The molecule has 0 aliphatic carbocycles. The van der Waals surface area contributed by atoms with Crippen LogP contribution in [0.15, 0.2) is 30.6 Å². The quantitative estimate of drug-likeness (QED) is 0.831. The fourth-order valence-corrected chi connectivity index (χ4v) is 3.71. The van der Waals surface area contributed by atoms with Crippen LogP contribution >= 0.6 is 0 Å². The Labute approximate surface area is 177 Å². The number of carbonyl (C=O) groups excluding carboxylic acids is 1. The maximum Gasteiger partial charge on any atom is 0.258 e. The number of rotatable bonds is 4. The molecule has 2 fully saturated rings. The summed E-state index contributed by atoms with van der Waals surface area (Å²) < 4.78 is 12.8. The molecule has 0 bridgehead atoms. The summed E-state index contributed by atoms with van der Waals surface area (Å²) in [5, 5.41) is 7.45. The topological polar surface area (TPSA) is 71.9 Å². The Hall–Kier alpha value is -2.58. The van der Waals surface area contributed by atoms with Crippen LogP contribution in [0.25, 0.3) is 0 Å². The minimum Gasteiger partial charge on any atom is -0.378 e. The van der Waals surface area contributed by atoms with Crippen molar-refractivity contribution in [2.24, 2.45) is 0 Å². The first-order valence-electron chi connectivity index (χ1n) is 10.6. The Morgan fingerprint density at radius 2 is 1.63 bits per heavy atom. The molecule has 1 aromatic heterocycles. The van der Waals surface area contributed by atoms with Crippen LogP contribution in [0.1, 0.15) is 31.1 Å². The number of carbonyl (C=O) groups is 1. The number of hydrogen-bond acceptors (Lipinski definition) is 6. The van der Waals surface area contributed by atoms with Gasteiger partial charge in [-0.3, -0.25) is 9.48 Å². The van der Waals surface area contributed by atoms with Gasteiger partial charge in [0.25, 0.3) is 5.91 Å². The molecule has 8 heteroatoms. The highest BCUT2D eigenvalue weighted by molar-refractivity contribution is 6.06. The average Bonchev–Trinajstić information content (AvgIpc) is 3.26. The molecule has 4 rings (SSSR count). The number of nitrogens with one attached hydrogen (secondary N) is 1. The number of amides is 1. The summed E-state index contributed by atoms with van der Waals surface area (Å²) in [6.07, 6.45) is 3.42. The average molecular weight is 414 g/mol. The molecule has 0 radical (unpaired) electrons. The minimum absolute atomic E-state index is 0.154. The summed E-state index contributed by atoms with van der Waals surface area (Å²) in [6.45, 7) is 12.4. The molecule has 0 saturated carbocycles. The highest BCUT2D eigenvalue weighted by Crippen LogP contribution is 2.32. The van der Waals surface area contributed by atoms with E-state index in [-0.39, 0.29) is 11.4 Å². The SMILES string of the molecule is CC(C)(C)n1cc(C(=O)Nc2ccc(N3CCOCC3)cc2N2CCOCC2)cn1. The van der Waals surface area contributed by atoms with E-state index in [0.717, 1.165) is 56.5 Å². The first-order chi connectivity index (χ1) is 14.4. The van der Waals surface area contributed by atoms with Crippen LogP contribution in [-0.4, -0.2) is 68.3 Å². The van der Waals surface area contributed by atoms with Crippen molar-refractivity contribution in [1.82, 2.24) is 9.78 Å². The first kappa shape index (κ1) is 20.7. The Morgan fingerprint density at radius 1 is 1.00 bits per heavy atom. The van der Waals surface area contributed by atoms with Crippen molar-refractivity contribution < 1.29 is 14.3 Å². The molecule has 2 aliphatic rings. The van der Waals surface area contributed by atoms with Crippen molar-refractivity contribution in [1.29, 1.82) is 0 Å². The van der Waals surface area contributed by atoms with Gasteiger partial charge >= 0.3 is 0 Å². The van der Waals surface area contributed by atoms with Gasteiger partial charge in [-0.05, 0) is 39.0 Å². The van der Waals surface area contributed by atoms with Gasteiger partial charge in [0.15, 0.2) is 0 Å². The molecular formula is C22H31N5O3. The summed E-state index contributed by atoms with van der Waals surface area (Å²) in [6, 6.07) is 6.25. The second kappa shape index (κ2) is 8.65. The third-order valence-corrected chi connectivity index (χ3v) is 5.49. The predicted molar refractivity (Wildman–Crippen MR) is 118 cm³/mol. The lowest BCUT2D eigenvalue weighted by Gasteiger charge is -2.33.